The summed E-state index contributed by atoms with van der Waals surface area (Å²) in [5.74, 6) is -0.543. The summed E-state index contributed by atoms with van der Waals surface area (Å²) < 4.78 is 6.39. The number of aromatic nitrogens is 4. The zero-order valence-electron chi connectivity index (χ0n) is 12.9. The van der Waals surface area contributed by atoms with Gasteiger partial charge in [-0.1, -0.05) is 12.1 Å². The highest BCUT2D eigenvalue weighted by molar-refractivity contribution is 7.18. The van der Waals surface area contributed by atoms with E-state index in [-0.39, 0.29) is 12.3 Å². The normalized spacial score (nSPS) is 11.0. The Labute approximate surface area is 146 Å². The van der Waals surface area contributed by atoms with Crippen LogP contribution in [0.15, 0.2) is 47.0 Å². The van der Waals surface area contributed by atoms with E-state index in [0.29, 0.717) is 12.3 Å². The Morgan fingerprint density at radius 1 is 1.16 bits per heavy atom. The highest BCUT2D eigenvalue weighted by Gasteiger charge is 2.13. The van der Waals surface area contributed by atoms with Crippen LogP contribution in [0.3, 0.4) is 0 Å². The Balaban J connectivity index is 1.59. The number of benzene rings is 1. The van der Waals surface area contributed by atoms with E-state index >= 15 is 0 Å². The van der Waals surface area contributed by atoms with Crippen molar-refractivity contribution in [2.75, 3.05) is 0 Å². The highest BCUT2D eigenvalue weighted by atomic mass is 32.1. The summed E-state index contributed by atoms with van der Waals surface area (Å²) in [5, 5.41) is 17.2. The van der Waals surface area contributed by atoms with Crippen molar-refractivity contribution >= 4 is 27.5 Å². The molecule has 3 aromatic heterocycles. The number of nitrogens with zero attached hydrogens (tertiary/aromatic N) is 4. The van der Waals surface area contributed by atoms with Gasteiger partial charge in [-0.2, -0.15) is 0 Å². The average molecular weight is 352 g/mol. The lowest BCUT2D eigenvalue weighted by Gasteiger charge is -1.99. The molecule has 0 aliphatic heterocycles. The van der Waals surface area contributed by atoms with Crippen LogP contribution >= 0.6 is 11.3 Å². The predicted molar refractivity (Wildman–Crippen MR) is 91.3 cm³/mol. The molecule has 0 aliphatic rings. The van der Waals surface area contributed by atoms with E-state index in [4.69, 9.17) is 9.52 Å². The Morgan fingerprint density at radius 3 is 2.84 bits per heavy atom. The second kappa shape index (κ2) is 6.40. The van der Waals surface area contributed by atoms with Crippen molar-refractivity contribution in [2.24, 2.45) is 0 Å². The van der Waals surface area contributed by atoms with Gasteiger partial charge in [-0.05, 0) is 24.3 Å². The third kappa shape index (κ3) is 3.38. The van der Waals surface area contributed by atoms with Crippen molar-refractivity contribution in [3.05, 3.63) is 59.4 Å². The fourth-order valence-electron chi connectivity index (χ4n) is 2.43. The van der Waals surface area contributed by atoms with E-state index in [9.17, 15) is 4.79 Å². The number of carboxylic acid groups (broad SMARTS) is 1. The van der Waals surface area contributed by atoms with Gasteiger partial charge in [0.15, 0.2) is 0 Å². The summed E-state index contributed by atoms with van der Waals surface area (Å²) in [4.78, 5) is 19.6. The summed E-state index contributed by atoms with van der Waals surface area (Å²) in [5.41, 5.74) is 2.84. The largest absolute Gasteiger partial charge is 0.481 e. The third-order valence-electron chi connectivity index (χ3n) is 3.51. The van der Waals surface area contributed by atoms with Crippen LogP contribution in [0.2, 0.25) is 0 Å². The van der Waals surface area contributed by atoms with E-state index in [1.165, 1.54) is 0 Å². The standard InChI is InChI=1S/C17H12N4O3S/c22-17(23)9-15-21-20-14(24-15)8-16-19-12-5-4-10(7-13(12)25-16)11-3-1-2-6-18-11/h1-7H,8-9H2,(H,22,23). The molecule has 0 radical (unpaired) electrons. The molecule has 8 heteroatoms. The molecule has 0 saturated carbocycles. The SMILES string of the molecule is O=C(O)Cc1nnc(Cc2nc3ccc(-c4ccccn4)cc3s2)o1. The summed E-state index contributed by atoms with van der Waals surface area (Å²) in [6.45, 7) is 0. The smallest absolute Gasteiger partial charge is 0.312 e. The Bertz CT molecular complexity index is 1040. The molecule has 0 saturated heterocycles. The zero-order valence-corrected chi connectivity index (χ0v) is 13.7. The molecular formula is C17H12N4O3S. The summed E-state index contributed by atoms with van der Waals surface area (Å²) in [7, 11) is 0. The quantitative estimate of drug-likeness (QED) is 0.589. The lowest BCUT2D eigenvalue weighted by Crippen LogP contribution is -1.99. The first-order valence-corrected chi connectivity index (χ1v) is 8.33. The molecule has 0 aliphatic carbocycles. The molecule has 7 nitrogen and oxygen atoms in total. The van der Waals surface area contributed by atoms with Crippen molar-refractivity contribution in [3.63, 3.8) is 0 Å². The number of thiazole rings is 1. The minimum atomic E-state index is -1.00. The predicted octanol–water partition coefficient (Wildman–Crippen LogP) is 2.96. The fourth-order valence-corrected chi connectivity index (χ4v) is 3.43. The maximum atomic E-state index is 10.7. The molecule has 1 aromatic carbocycles. The number of hydrogen-bond acceptors (Lipinski definition) is 7. The second-order valence-electron chi connectivity index (χ2n) is 5.34. The minimum Gasteiger partial charge on any atom is -0.481 e. The lowest BCUT2D eigenvalue weighted by atomic mass is 10.1. The van der Waals surface area contributed by atoms with Gasteiger partial charge < -0.3 is 9.52 Å². The van der Waals surface area contributed by atoms with Crippen molar-refractivity contribution in [1.82, 2.24) is 20.2 Å². The molecule has 25 heavy (non-hydrogen) atoms. The summed E-state index contributed by atoms with van der Waals surface area (Å²) in [6, 6.07) is 11.8. The van der Waals surface area contributed by atoms with Gasteiger partial charge in [-0.25, -0.2) is 4.98 Å². The van der Waals surface area contributed by atoms with Crippen LogP contribution in [0.25, 0.3) is 21.5 Å². The number of carbonyl (C=O) groups is 1. The first kappa shape index (κ1) is 15.4. The number of rotatable bonds is 5. The number of carboxylic acids is 1. The molecule has 0 unspecified atom stereocenters. The molecule has 0 amide bonds. The molecule has 4 rings (SSSR count). The monoisotopic (exact) mass is 352 g/mol. The topological polar surface area (TPSA) is 102 Å². The minimum absolute atomic E-state index is 0.0982. The van der Waals surface area contributed by atoms with Gasteiger partial charge in [0.2, 0.25) is 11.8 Å². The number of hydrogen-bond donors (Lipinski definition) is 1. The number of fused-ring (bicyclic) bond motifs is 1. The Kier molecular flexibility index (Phi) is 3.95. The molecule has 0 spiro atoms. The molecule has 0 atom stereocenters. The van der Waals surface area contributed by atoms with Crippen LogP contribution in [-0.2, 0) is 17.6 Å². The van der Waals surface area contributed by atoms with Crippen LogP contribution < -0.4 is 0 Å². The van der Waals surface area contributed by atoms with Gasteiger partial charge in [0, 0.05) is 11.8 Å². The maximum absolute atomic E-state index is 10.7. The van der Waals surface area contributed by atoms with Gasteiger partial charge >= 0.3 is 5.97 Å². The van der Waals surface area contributed by atoms with E-state index < -0.39 is 5.97 Å². The second-order valence-corrected chi connectivity index (χ2v) is 6.46. The van der Waals surface area contributed by atoms with E-state index in [0.717, 1.165) is 26.5 Å². The van der Waals surface area contributed by atoms with E-state index in [2.05, 4.69) is 26.2 Å². The van der Waals surface area contributed by atoms with Crippen LogP contribution in [0.5, 0.6) is 0 Å². The van der Waals surface area contributed by atoms with Gasteiger partial charge in [0.1, 0.15) is 11.4 Å². The molecule has 3 heterocycles. The molecule has 0 fully saturated rings. The number of aliphatic carboxylic acids is 1. The van der Waals surface area contributed by atoms with Gasteiger partial charge in [-0.3, -0.25) is 9.78 Å². The van der Waals surface area contributed by atoms with Crippen LogP contribution in [0, 0.1) is 0 Å². The van der Waals surface area contributed by atoms with Gasteiger partial charge in [0.25, 0.3) is 0 Å². The molecular weight excluding hydrogens is 340 g/mol. The average Bonchev–Trinajstić information content (AvgIpc) is 3.20. The van der Waals surface area contributed by atoms with Crippen LogP contribution in [0.4, 0.5) is 0 Å². The van der Waals surface area contributed by atoms with E-state index in [1.54, 1.807) is 17.5 Å². The van der Waals surface area contributed by atoms with Crippen LogP contribution in [0.1, 0.15) is 16.8 Å². The zero-order chi connectivity index (χ0) is 17.2. The van der Waals surface area contributed by atoms with Crippen LogP contribution in [-0.4, -0.2) is 31.2 Å². The summed E-state index contributed by atoms with van der Waals surface area (Å²) in [6.07, 6.45) is 1.87. The van der Waals surface area contributed by atoms with Crippen molar-refractivity contribution in [2.45, 2.75) is 12.8 Å². The first-order chi connectivity index (χ1) is 12.2. The van der Waals surface area contributed by atoms with Gasteiger partial charge in [-0.15, -0.1) is 21.5 Å². The highest BCUT2D eigenvalue weighted by Crippen LogP contribution is 2.28. The Morgan fingerprint density at radius 2 is 2.04 bits per heavy atom. The fraction of sp³-hybridized carbons (Fsp3) is 0.118. The third-order valence-corrected chi connectivity index (χ3v) is 4.53. The number of pyridine rings is 1. The van der Waals surface area contributed by atoms with Crippen molar-refractivity contribution < 1.29 is 14.3 Å². The molecule has 124 valence electrons. The lowest BCUT2D eigenvalue weighted by molar-refractivity contribution is -0.136. The van der Waals surface area contributed by atoms with Crippen molar-refractivity contribution in [1.29, 1.82) is 0 Å². The molecule has 4 aromatic rings. The van der Waals surface area contributed by atoms with E-state index in [1.807, 2.05) is 30.3 Å². The molecule has 1 N–H and O–H groups in total. The first-order valence-electron chi connectivity index (χ1n) is 7.51. The van der Waals surface area contributed by atoms with Crippen molar-refractivity contribution in [3.8, 4) is 11.3 Å². The molecule has 0 bridgehead atoms. The van der Waals surface area contributed by atoms with Gasteiger partial charge in [0.05, 0.1) is 22.3 Å². The summed E-state index contributed by atoms with van der Waals surface area (Å²) >= 11 is 1.54. The Hall–Kier alpha value is -3.13. The maximum Gasteiger partial charge on any atom is 0.312 e.